The van der Waals surface area contributed by atoms with Crippen molar-refractivity contribution < 1.29 is 18.1 Å². The number of carbonyl (C=O) groups is 1. The van der Waals surface area contributed by atoms with Gasteiger partial charge < -0.3 is 9.84 Å². The number of amides is 1. The van der Waals surface area contributed by atoms with Gasteiger partial charge in [0.1, 0.15) is 11.7 Å². The molecule has 1 atom stereocenters. The lowest BCUT2D eigenvalue weighted by molar-refractivity contribution is 0.0613. The van der Waals surface area contributed by atoms with Crippen LogP contribution in [0.3, 0.4) is 0 Å². The fourth-order valence-corrected chi connectivity index (χ4v) is 1.82. The molecule has 108 valence electrons. The topological polar surface area (TPSA) is 73.0 Å². The van der Waals surface area contributed by atoms with Crippen LogP contribution in [0, 0.1) is 13.8 Å². The Morgan fingerprint density at radius 3 is 2.65 bits per heavy atom. The van der Waals surface area contributed by atoms with Gasteiger partial charge in [0, 0.05) is 5.69 Å². The molecule has 6 nitrogen and oxygen atoms in total. The predicted octanol–water partition coefficient (Wildman–Crippen LogP) is 2.37. The molecule has 0 saturated carbocycles. The van der Waals surface area contributed by atoms with Crippen LogP contribution in [0.4, 0.5) is 8.78 Å². The van der Waals surface area contributed by atoms with E-state index in [1.807, 2.05) is 0 Å². The van der Waals surface area contributed by atoms with Gasteiger partial charge in [-0.15, -0.1) is 0 Å². The highest BCUT2D eigenvalue weighted by Crippen LogP contribution is 2.19. The van der Waals surface area contributed by atoms with Gasteiger partial charge in [0.2, 0.25) is 5.89 Å². The molecule has 0 fully saturated rings. The second kappa shape index (κ2) is 5.40. The van der Waals surface area contributed by atoms with E-state index >= 15 is 0 Å². The van der Waals surface area contributed by atoms with Crippen LogP contribution in [0.15, 0.2) is 16.7 Å². The zero-order valence-corrected chi connectivity index (χ0v) is 11.2. The van der Waals surface area contributed by atoms with Gasteiger partial charge in [-0.25, -0.2) is 0 Å². The highest BCUT2D eigenvalue weighted by atomic mass is 19.3. The Morgan fingerprint density at radius 2 is 2.10 bits per heavy atom. The number of hydrogen-bond acceptors (Lipinski definition) is 4. The number of aromatic nitrogens is 3. The van der Waals surface area contributed by atoms with Gasteiger partial charge in [0.15, 0.2) is 5.82 Å². The summed E-state index contributed by atoms with van der Waals surface area (Å²) < 4.78 is 31.4. The standard InChI is InChI=1S/C12H14F2N4O2/c1-6-4-5-9(18(6)12(13)14)10(19)15-7(2)11-16-8(3)17-20-11/h4-5,7,12H,1-3H3,(H,15,19). The predicted molar refractivity (Wildman–Crippen MR) is 65.3 cm³/mol. The van der Waals surface area contributed by atoms with E-state index in [1.54, 1.807) is 13.8 Å². The third kappa shape index (κ3) is 2.68. The highest BCUT2D eigenvalue weighted by molar-refractivity contribution is 5.93. The van der Waals surface area contributed by atoms with Crippen molar-refractivity contribution in [3.05, 3.63) is 35.2 Å². The number of carbonyl (C=O) groups excluding carboxylic acids is 1. The van der Waals surface area contributed by atoms with E-state index in [1.165, 1.54) is 19.1 Å². The minimum Gasteiger partial charge on any atom is -0.339 e. The number of nitrogens with zero attached hydrogens (tertiary/aromatic N) is 3. The third-order valence-electron chi connectivity index (χ3n) is 2.81. The maximum absolute atomic E-state index is 12.9. The van der Waals surface area contributed by atoms with Crippen molar-refractivity contribution in [1.82, 2.24) is 20.0 Å². The lowest BCUT2D eigenvalue weighted by atomic mass is 10.3. The van der Waals surface area contributed by atoms with Crippen molar-refractivity contribution in [2.45, 2.75) is 33.4 Å². The zero-order chi connectivity index (χ0) is 14.9. The molecule has 1 amide bonds. The van der Waals surface area contributed by atoms with Crippen LogP contribution < -0.4 is 5.32 Å². The van der Waals surface area contributed by atoms with Gasteiger partial charge in [0.05, 0.1) is 0 Å². The SMILES string of the molecule is Cc1noc(C(C)NC(=O)c2ccc(C)n2C(F)F)n1. The van der Waals surface area contributed by atoms with Crippen molar-refractivity contribution in [3.8, 4) is 0 Å². The minimum atomic E-state index is -2.77. The number of hydrogen-bond donors (Lipinski definition) is 1. The molecule has 1 N–H and O–H groups in total. The van der Waals surface area contributed by atoms with Crippen molar-refractivity contribution >= 4 is 5.91 Å². The van der Waals surface area contributed by atoms with Crippen LogP contribution in [0.2, 0.25) is 0 Å². The summed E-state index contributed by atoms with van der Waals surface area (Å²) in [5.74, 6) is 0.0392. The number of alkyl halides is 2. The average Bonchev–Trinajstić information content (AvgIpc) is 2.95. The molecule has 2 aromatic rings. The van der Waals surface area contributed by atoms with Crippen molar-refractivity contribution in [2.24, 2.45) is 0 Å². The van der Waals surface area contributed by atoms with Crippen molar-refractivity contribution in [1.29, 1.82) is 0 Å². The van der Waals surface area contributed by atoms with Gasteiger partial charge in [-0.1, -0.05) is 5.16 Å². The van der Waals surface area contributed by atoms with Crippen molar-refractivity contribution in [2.75, 3.05) is 0 Å². The van der Waals surface area contributed by atoms with E-state index in [2.05, 4.69) is 15.5 Å². The molecule has 2 rings (SSSR count). The Bertz CT molecular complexity index is 621. The van der Waals surface area contributed by atoms with Crippen LogP contribution in [0.1, 0.15) is 47.4 Å². The molecule has 0 saturated heterocycles. The molecule has 0 aliphatic rings. The first-order valence-corrected chi connectivity index (χ1v) is 5.97. The lowest BCUT2D eigenvalue weighted by Crippen LogP contribution is -2.29. The van der Waals surface area contributed by atoms with Crippen LogP contribution >= 0.6 is 0 Å². The van der Waals surface area contributed by atoms with Crippen molar-refractivity contribution in [3.63, 3.8) is 0 Å². The number of halogens is 2. The molecule has 0 aromatic carbocycles. The summed E-state index contributed by atoms with van der Waals surface area (Å²) in [5.41, 5.74) is 0.201. The molecule has 0 spiro atoms. The Kier molecular flexibility index (Phi) is 3.82. The number of rotatable bonds is 4. The second-order valence-electron chi connectivity index (χ2n) is 4.38. The maximum atomic E-state index is 12.9. The maximum Gasteiger partial charge on any atom is 0.319 e. The van der Waals surface area contributed by atoms with Gasteiger partial charge in [-0.2, -0.15) is 13.8 Å². The quantitative estimate of drug-likeness (QED) is 0.935. The highest BCUT2D eigenvalue weighted by Gasteiger charge is 2.22. The molecule has 0 aliphatic carbocycles. The van der Waals surface area contributed by atoms with Gasteiger partial charge >= 0.3 is 6.55 Å². The molecular weight excluding hydrogens is 270 g/mol. The second-order valence-corrected chi connectivity index (χ2v) is 4.38. The molecule has 0 bridgehead atoms. The smallest absolute Gasteiger partial charge is 0.319 e. The molecule has 8 heteroatoms. The zero-order valence-electron chi connectivity index (χ0n) is 11.2. The van der Waals surface area contributed by atoms with E-state index in [0.717, 1.165) is 0 Å². The Labute approximate surface area is 113 Å². The largest absolute Gasteiger partial charge is 0.339 e. The van der Waals surface area contributed by atoms with E-state index in [0.29, 0.717) is 16.1 Å². The van der Waals surface area contributed by atoms with E-state index in [9.17, 15) is 13.6 Å². The van der Waals surface area contributed by atoms with Crippen LogP contribution in [-0.4, -0.2) is 20.6 Å². The molecule has 0 radical (unpaired) electrons. The molecule has 1 unspecified atom stereocenters. The Morgan fingerprint density at radius 1 is 1.40 bits per heavy atom. The van der Waals surface area contributed by atoms with E-state index in [4.69, 9.17) is 4.52 Å². The first-order chi connectivity index (χ1) is 9.40. The Balaban J connectivity index is 2.16. The lowest BCUT2D eigenvalue weighted by Gasteiger charge is -2.13. The summed E-state index contributed by atoms with van der Waals surface area (Å²) in [6.07, 6.45) is 0. The van der Waals surface area contributed by atoms with E-state index in [-0.39, 0.29) is 11.6 Å². The summed E-state index contributed by atoms with van der Waals surface area (Å²) in [4.78, 5) is 16.0. The average molecular weight is 284 g/mol. The summed E-state index contributed by atoms with van der Waals surface area (Å²) >= 11 is 0. The summed E-state index contributed by atoms with van der Waals surface area (Å²) in [6, 6.07) is 2.25. The fraction of sp³-hybridized carbons (Fsp3) is 0.417. The molecule has 20 heavy (non-hydrogen) atoms. The van der Waals surface area contributed by atoms with Crippen LogP contribution in [0.5, 0.6) is 0 Å². The van der Waals surface area contributed by atoms with E-state index < -0.39 is 18.5 Å². The monoisotopic (exact) mass is 284 g/mol. The first-order valence-electron chi connectivity index (χ1n) is 5.97. The molecule has 0 aliphatic heterocycles. The fourth-order valence-electron chi connectivity index (χ4n) is 1.82. The number of aryl methyl sites for hydroxylation is 2. The first kappa shape index (κ1) is 14.2. The summed E-state index contributed by atoms with van der Waals surface area (Å²) in [5, 5.41) is 6.15. The Hall–Kier alpha value is -2.25. The molecule has 2 aromatic heterocycles. The minimum absolute atomic E-state index is 0.111. The van der Waals surface area contributed by atoms with Gasteiger partial charge in [-0.3, -0.25) is 9.36 Å². The van der Waals surface area contributed by atoms with Gasteiger partial charge in [-0.05, 0) is 32.9 Å². The summed E-state index contributed by atoms with van der Waals surface area (Å²) in [6.45, 7) is 2.01. The summed E-state index contributed by atoms with van der Waals surface area (Å²) in [7, 11) is 0. The number of nitrogens with one attached hydrogen (secondary N) is 1. The molecule has 2 heterocycles. The molecular formula is C12H14F2N4O2. The third-order valence-corrected chi connectivity index (χ3v) is 2.81. The van der Waals surface area contributed by atoms with Crippen LogP contribution in [-0.2, 0) is 0 Å². The van der Waals surface area contributed by atoms with Crippen LogP contribution in [0.25, 0.3) is 0 Å². The van der Waals surface area contributed by atoms with Gasteiger partial charge in [0.25, 0.3) is 5.91 Å². The normalized spacial score (nSPS) is 12.7.